The standard InChI is InChI=1S/C25H25FN2O4S/c1-4-30-21-14-17(10-11-20(21)32-15-18-8-6-7-9-19(18)26)23-22(24(29)31-5-2)16(3)27-25-28(23)12-13-33-25/h6-14,23H,4-5,15H2,1-3H3. The Morgan fingerprint density at radius 2 is 1.94 bits per heavy atom. The molecule has 0 N–H and O–H groups in total. The molecule has 0 saturated carbocycles. The minimum Gasteiger partial charge on any atom is -0.490 e. The lowest BCUT2D eigenvalue weighted by atomic mass is 9.94. The fraction of sp³-hybridized carbons (Fsp3) is 0.280. The highest BCUT2D eigenvalue weighted by Gasteiger charge is 2.37. The number of amidine groups is 1. The molecule has 0 aromatic heterocycles. The number of allylic oxidation sites excluding steroid dienone is 1. The number of hydrogen-bond acceptors (Lipinski definition) is 7. The number of hydrogen-bond donors (Lipinski definition) is 0. The molecule has 2 aliphatic rings. The SMILES string of the molecule is CCOC(=O)C1=C(C)N=C2SC=CN2C1c1ccc(OCc2ccccc2F)c(OCC)c1. The van der Waals surface area contributed by atoms with E-state index in [1.807, 2.05) is 42.5 Å². The Labute approximate surface area is 196 Å². The second kappa shape index (κ2) is 10.1. The van der Waals surface area contributed by atoms with Gasteiger partial charge < -0.3 is 19.1 Å². The van der Waals surface area contributed by atoms with Gasteiger partial charge in [0, 0.05) is 11.8 Å². The van der Waals surface area contributed by atoms with E-state index < -0.39 is 12.0 Å². The number of carbonyl (C=O) groups excluding carboxylic acids is 1. The topological polar surface area (TPSA) is 60.4 Å². The Hall–Kier alpha value is -3.26. The minimum atomic E-state index is -0.414. The molecule has 1 unspecified atom stereocenters. The number of aliphatic imine (C=N–C) groups is 1. The van der Waals surface area contributed by atoms with Crippen LogP contribution in [0.4, 0.5) is 4.39 Å². The van der Waals surface area contributed by atoms with E-state index in [-0.39, 0.29) is 19.0 Å². The summed E-state index contributed by atoms with van der Waals surface area (Å²) in [5, 5.41) is 2.73. The highest BCUT2D eigenvalue weighted by atomic mass is 32.2. The molecule has 6 nitrogen and oxygen atoms in total. The molecule has 2 heterocycles. The molecule has 0 aliphatic carbocycles. The molecule has 33 heavy (non-hydrogen) atoms. The van der Waals surface area contributed by atoms with E-state index in [0.717, 1.165) is 10.7 Å². The van der Waals surface area contributed by atoms with Crippen LogP contribution in [-0.4, -0.2) is 29.3 Å². The fourth-order valence-corrected chi connectivity index (χ4v) is 4.54. The van der Waals surface area contributed by atoms with Gasteiger partial charge >= 0.3 is 5.97 Å². The summed E-state index contributed by atoms with van der Waals surface area (Å²) in [4.78, 5) is 19.4. The van der Waals surface area contributed by atoms with Crippen LogP contribution in [0.15, 0.2) is 70.3 Å². The first-order chi connectivity index (χ1) is 16.0. The largest absolute Gasteiger partial charge is 0.490 e. The summed E-state index contributed by atoms with van der Waals surface area (Å²) >= 11 is 1.50. The molecule has 2 aromatic rings. The van der Waals surface area contributed by atoms with E-state index in [0.29, 0.717) is 34.9 Å². The lowest BCUT2D eigenvalue weighted by Gasteiger charge is -2.33. The Balaban J connectivity index is 1.69. The zero-order valence-corrected chi connectivity index (χ0v) is 19.5. The first-order valence-corrected chi connectivity index (χ1v) is 11.6. The summed E-state index contributed by atoms with van der Waals surface area (Å²) in [5.41, 5.74) is 2.40. The number of benzene rings is 2. The Kier molecular flexibility index (Phi) is 7.03. The van der Waals surface area contributed by atoms with E-state index in [4.69, 9.17) is 14.2 Å². The van der Waals surface area contributed by atoms with E-state index in [1.54, 1.807) is 31.2 Å². The lowest BCUT2D eigenvalue weighted by molar-refractivity contribution is -0.139. The monoisotopic (exact) mass is 468 g/mol. The van der Waals surface area contributed by atoms with Crippen molar-refractivity contribution < 1.29 is 23.4 Å². The van der Waals surface area contributed by atoms with Gasteiger partial charge in [-0.25, -0.2) is 14.2 Å². The van der Waals surface area contributed by atoms with Crippen molar-refractivity contribution >= 4 is 22.9 Å². The summed E-state index contributed by atoms with van der Waals surface area (Å²) in [6, 6.07) is 11.6. The Bertz CT molecular complexity index is 1140. The third-order valence-corrected chi connectivity index (χ3v) is 6.01. The van der Waals surface area contributed by atoms with Crippen LogP contribution in [0.1, 0.15) is 37.9 Å². The van der Waals surface area contributed by atoms with Crippen molar-refractivity contribution in [3.63, 3.8) is 0 Å². The molecule has 2 aliphatic heterocycles. The number of carbonyl (C=O) groups is 1. The van der Waals surface area contributed by atoms with Crippen molar-refractivity contribution in [1.29, 1.82) is 0 Å². The van der Waals surface area contributed by atoms with Gasteiger partial charge in [0.15, 0.2) is 16.7 Å². The van der Waals surface area contributed by atoms with Crippen molar-refractivity contribution in [2.75, 3.05) is 13.2 Å². The zero-order valence-electron chi connectivity index (χ0n) is 18.7. The van der Waals surface area contributed by atoms with Crippen LogP contribution in [0, 0.1) is 5.82 Å². The number of esters is 1. The Morgan fingerprint density at radius 3 is 2.70 bits per heavy atom. The molecule has 172 valence electrons. The molecule has 0 spiro atoms. The van der Waals surface area contributed by atoms with E-state index in [2.05, 4.69) is 4.99 Å². The van der Waals surface area contributed by atoms with Crippen LogP contribution in [0.5, 0.6) is 11.5 Å². The van der Waals surface area contributed by atoms with Gasteiger partial charge in [-0.05, 0) is 49.9 Å². The van der Waals surface area contributed by atoms with E-state index in [1.165, 1.54) is 17.8 Å². The normalized spacial score (nSPS) is 17.0. The predicted molar refractivity (Wildman–Crippen MR) is 126 cm³/mol. The van der Waals surface area contributed by atoms with Crippen LogP contribution < -0.4 is 9.47 Å². The van der Waals surface area contributed by atoms with Gasteiger partial charge in [-0.2, -0.15) is 0 Å². The highest BCUT2D eigenvalue weighted by Crippen LogP contribution is 2.43. The quantitative estimate of drug-likeness (QED) is 0.472. The maximum Gasteiger partial charge on any atom is 0.338 e. The van der Waals surface area contributed by atoms with Crippen LogP contribution >= 0.6 is 11.8 Å². The molecule has 4 rings (SSSR count). The predicted octanol–water partition coefficient (Wildman–Crippen LogP) is 5.57. The number of ether oxygens (including phenoxy) is 3. The van der Waals surface area contributed by atoms with Gasteiger partial charge in [0.25, 0.3) is 0 Å². The minimum absolute atomic E-state index is 0.0743. The molecule has 2 aromatic carbocycles. The van der Waals surface area contributed by atoms with Crippen molar-refractivity contribution in [1.82, 2.24) is 4.90 Å². The van der Waals surface area contributed by atoms with Crippen molar-refractivity contribution in [3.8, 4) is 11.5 Å². The first kappa shape index (κ1) is 22.9. The molecule has 0 radical (unpaired) electrons. The summed E-state index contributed by atoms with van der Waals surface area (Å²) in [7, 11) is 0. The van der Waals surface area contributed by atoms with E-state index in [9.17, 15) is 9.18 Å². The van der Waals surface area contributed by atoms with Gasteiger partial charge in [0.1, 0.15) is 12.4 Å². The lowest BCUT2D eigenvalue weighted by Crippen LogP contribution is -2.34. The third-order valence-electron chi connectivity index (χ3n) is 5.24. The molecule has 0 saturated heterocycles. The van der Waals surface area contributed by atoms with Gasteiger partial charge in [0.05, 0.1) is 30.5 Å². The molecular formula is C25H25FN2O4S. The maximum atomic E-state index is 14.0. The van der Waals surface area contributed by atoms with Gasteiger partial charge in [-0.3, -0.25) is 0 Å². The molecule has 1 atom stereocenters. The molecule has 0 amide bonds. The third kappa shape index (κ3) is 4.75. The second-order valence-corrected chi connectivity index (χ2v) is 8.22. The average molecular weight is 469 g/mol. The maximum absolute atomic E-state index is 14.0. The summed E-state index contributed by atoms with van der Waals surface area (Å²) in [6.07, 6.45) is 1.91. The molecule has 0 fully saturated rings. The first-order valence-electron chi connectivity index (χ1n) is 10.7. The molecular weight excluding hydrogens is 443 g/mol. The molecule has 0 bridgehead atoms. The zero-order chi connectivity index (χ0) is 23.4. The fourth-order valence-electron chi connectivity index (χ4n) is 3.75. The van der Waals surface area contributed by atoms with Crippen LogP contribution in [0.3, 0.4) is 0 Å². The van der Waals surface area contributed by atoms with Crippen LogP contribution in [0.25, 0.3) is 0 Å². The van der Waals surface area contributed by atoms with Crippen molar-refractivity contribution in [3.05, 3.63) is 82.3 Å². The smallest absolute Gasteiger partial charge is 0.338 e. The van der Waals surface area contributed by atoms with Gasteiger partial charge in [-0.1, -0.05) is 36.0 Å². The number of rotatable bonds is 8. The second-order valence-electron chi connectivity index (χ2n) is 7.35. The number of fused-ring (bicyclic) bond motifs is 1. The summed E-state index contributed by atoms with van der Waals surface area (Å²) in [5.74, 6) is 0.301. The van der Waals surface area contributed by atoms with Crippen LogP contribution in [-0.2, 0) is 16.1 Å². The van der Waals surface area contributed by atoms with Gasteiger partial charge in [-0.15, -0.1) is 0 Å². The summed E-state index contributed by atoms with van der Waals surface area (Å²) in [6.45, 7) is 6.25. The van der Waals surface area contributed by atoms with Crippen molar-refractivity contribution in [2.24, 2.45) is 4.99 Å². The molecule has 8 heteroatoms. The Morgan fingerprint density at radius 1 is 1.12 bits per heavy atom. The number of nitrogens with zero attached hydrogens (tertiary/aromatic N) is 2. The average Bonchev–Trinajstić information content (AvgIpc) is 3.26. The number of thioether (sulfide) groups is 1. The number of halogens is 1. The van der Waals surface area contributed by atoms with Gasteiger partial charge in [0.2, 0.25) is 0 Å². The highest BCUT2D eigenvalue weighted by molar-refractivity contribution is 8.16. The van der Waals surface area contributed by atoms with E-state index >= 15 is 0 Å². The van der Waals surface area contributed by atoms with Crippen molar-refractivity contribution in [2.45, 2.75) is 33.4 Å². The van der Waals surface area contributed by atoms with Crippen LogP contribution in [0.2, 0.25) is 0 Å². The summed E-state index contributed by atoms with van der Waals surface area (Å²) < 4.78 is 31.1.